The van der Waals surface area contributed by atoms with Gasteiger partial charge in [0.1, 0.15) is 11.9 Å². The zero-order valence-corrected chi connectivity index (χ0v) is 12.7. The first kappa shape index (κ1) is 15.5. The number of rotatable bonds is 6. The highest BCUT2D eigenvalue weighted by Gasteiger charge is 2.25. The molecule has 0 aromatic carbocycles. The lowest BCUT2D eigenvalue weighted by Gasteiger charge is -2.26. The Morgan fingerprint density at radius 3 is 2.95 bits per heavy atom. The van der Waals surface area contributed by atoms with Crippen molar-refractivity contribution in [3.63, 3.8) is 0 Å². The number of nitro groups is 1. The molecule has 2 atom stereocenters. The summed E-state index contributed by atoms with van der Waals surface area (Å²) in [7, 11) is 0. The molecular formula is C15H23N3O3. The van der Waals surface area contributed by atoms with Crippen LogP contribution in [0.4, 0.5) is 11.5 Å². The van der Waals surface area contributed by atoms with Gasteiger partial charge in [0, 0.05) is 12.6 Å². The van der Waals surface area contributed by atoms with E-state index in [-0.39, 0.29) is 17.7 Å². The Balaban J connectivity index is 2.15. The molecule has 1 aromatic rings. The molecule has 0 aliphatic heterocycles. The first-order chi connectivity index (χ1) is 10.1. The summed E-state index contributed by atoms with van der Waals surface area (Å²) in [5.74, 6) is 1.37. The fourth-order valence-electron chi connectivity index (χ4n) is 2.65. The number of nitrogens with one attached hydrogen (secondary N) is 1. The molecule has 1 aliphatic carbocycles. The predicted octanol–water partition coefficient (Wildman–Crippen LogP) is 3.77. The Hall–Kier alpha value is -1.85. The van der Waals surface area contributed by atoms with Crippen LogP contribution in [0.1, 0.15) is 46.0 Å². The second-order valence-electron chi connectivity index (χ2n) is 5.72. The van der Waals surface area contributed by atoms with Gasteiger partial charge in [0.05, 0.1) is 4.92 Å². The van der Waals surface area contributed by atoms with Crippen LogP contribution in [-0.4, -0.2) is 22.6 Å². The van der Waals surface area contributed by atoms with E-state index < -0.39 is 4.92 Å². The molecule has 6 nitrogen and oxygen atoms in total. The minimum Gasteiger partial charge on any atom is -0.469 e. The fourth-order valence-corrected chi connectivity index (χ4v) is 2.65. The fraction of sp³-hybridized carbons (Fsp3) is 0.667. The van der Waals surface area contributed by atoms with Gasteiger partial charge in [0.15, 0.2) is 0 Å². The van der Waals surface area contributed by atoms with Gasteiger partial charge >= 0.3 is 5.69 Å². The van der Waals surface area contributed by atoms with Crippen molar-refractivity contribution >= 4 is 11.5 Å². The number of pyridine rings is 1. The minimum atomic E-state index is -0.432. The molecule has 1 N–H and O–H groups in total. The van der Waals surface area contributed by atoms with Gasteiger partial charge in [-0.3, -0.25) is 10.1 Å². The Morgan fingerprint density at radius 2 is 2.29 bits per heavy atom. The van der Waals surface area contributed by atoms with Gasteiger partial charge < -0.3 is 10.1 Å². The topological polar surface area (TPSA) is 77.3 Å². The van der Waals surface area contributed by atoms with Gasteiger partial charge in [-0.05, 0) is 37.7 Å². The van der Waals surface area contributed by atoms with Crippen molar-refractivity contribution in [3.05, 3.63) is 22.2 Å². The van der Waals surface area contributed by atoms with E-state index in [1.165, 1.54) is 12.5 Å². The number of nitrogens with zero attached hydrogens (tertiary/aromatic N) is 2. The summed E-state index contributed by atoms with van der Waals surface area (Å²) in [5, 5.41) is 14.3. The van der Waals surface area contributed by atoms with Crippen LogP contribution in [0.3, 0.4) is 0 Å². The number of hydrogen-bond acceptors (Lipinski definition) is 5. The van der Waals surface area contributed by atoms with Crippen molar-refractivity contribution < 1.29 is 9.66 Å². The average molecular weight is 293 g/mol. The Morgan fingerprint density at radius 1 is 1.48 bits per heavy atom. The van der Waals surface area contributed by atoms with Crippen LogP contribution >= 0.6 is 0 Å². The zero-order valence-electron chi connectivity index (χ0n) is 12.7. The molecule has 21 heavy (non-hydrogen) atoms. The van der Waals surface area contributed by atoms with Gasteiger partial charge in [-0.25, -0.2) is 0 Å². The summed E-state index contributed by atoms with van der Waals surface area (Å²) in [6.45, 7) is 5.03. The van der Waals surface area contributed by atoms with E-state index in [2.05, 4.69) is 24.1 Å². The lowest BCUT2D eigenvalue weighted by molar-refractivity contribution is -0.386. The third-order valence-corrected chi connectivity index (χ3v) is 3.76. The minimum absolute atomic E-state index is 0.0291. The molecule has 1 aliphatic rings. The Bertz CT molecular complexity index is 493. The largest absolute Gasteiger partial charge is 0.469 e. The van der Waals surface area contributed by atoms with Crippen LogP contribution in [0.25, 0.3) is 0 Å². The highest BCUT2D eigenvalue weighted by Crippen LogP contribution is 2.32. The molecule has 1 fully saturated rings. The molecule has 116 valence electrons. The lowest BCUT2D eigenvalue weighted by atomic mass is 9.89. The van der Waals surface area contributed by atoms with Crippen molar-refractivity contribution in [2.45, 2.75) is 52.1 Å². The average Bonchev–Trinajstić information content (AvgIpc) is 2.45. The summed E-state index contributed by atoms with van der Waals surface area (Å²) in [6.07, 6.45) is 5.18. The van der Waals surface area contributed by atoms with Crippen molar-refractivity contribution in [1.29, 1.82) is 0 Å². The smallest absolute Gasteiger partial charge is 0.331 e. The van der Waals surface area contributed by atoms with Gasteiger partial charge in [-0.15, -0.1) is 0 Å². The second kappa shape index (κ2) is 7.24. The molecule has 0 bridgehead atoms. The second-order valence-corrected chi connectivity index (χ2v) is 5.72. The molecule has 6 heteroatoms. The molecule has 1 heterocycles. The van der Waals surface area contributed by atoms with Crippen LogP contribution in [0, 0.1) is 16.0 Å². The first-order valence-corrected chi connectivity index (χ1v) is 7.66. The van der Waals surface area contributed by atoms with Crippen molar-refractivity contribution in [1.82, 2.24) is 4.98 Å². The van der Waals surface area contributed by atoms with Crippen LogP contribution < -0.4 is 10.1 Å². The molecule has 0 saturated heterocycles. The molecule has 0 spiro atoms. The quantitative estimate of drug-likeness (QED) is 0.638. The SMILES string of the molecule is CCCNc1ccc([N+](=O)[O-])c(OC2CCCC(C)C2)n1. The molecule has 1 saturated carbocycles. The monoisotopic (exact) mass is 293 g/mol. The summed E-state index contributed by atoms with van der Waals surface area (Å²) in [6, 6.07) is 3.09. The van der Waals surface area contributed by atoms with E-state index >= 15 is 0 Å². The van der Waals surface area contributed by atoms with E-state index in [0.717, 1.165) is 32.2 Å². The number of ether oxygens (including phenoxy) is 1. The van der Waals surface area contributed by atoms with E-state index in [9.17, 15) is 10.1 Å². The lowest BCUT2D eigenvalue weighted by Crippen LogP contribution is -2.25. The Kier molecular flexibility index (Phi) is 5.36. The van der Waals surface area contributed by atoms with Gasteiger partial charge in [0.25, 0.3) is 5.88 Å². The van der Waals surface area contributed by atoms with E-state index in [1.807, 2.05) is 0 Å². The maximum Gasteiger partial charge on any atom is 0.331 e. The van der Waals surface area contributed by atoms with E-state index in [1.54, 1.807) is 6.07 Å². The molecule has 2 rings (SSSR count). The molecule has 2 unspecified atom stereocenters. The standard InChI is InChI=1S/C15H23N3O3/c1-3-9-16-14-8-7-13(18(19)20)15(17-14)21-12-6-4-5-11(2)10-12/h7-8,11-12H,3-6,9-10H2,1-2H3,(H,16,17). The number of anilines is 1. The summed E-state index contributed by atoms with van der Waals surface area (Å²) < 4.78 is 5.85. The number of hydrogen-bond donors (Lipinski definition) is 1. The van der Waals surface area contributed by atoms with Crippen LogP contribution in [0.5, 0.6) is 5.88 Å². The van der Waals surface area contributed by atoms with Gasteiger partial charge in [0.2, 0.25) is 0 Å². The molecule has 0 amide bonds. The van der Waals surface area contributed by atoms with Gasteiger partial charge in [-0.1, -0.05) is 20.3 Å². The molecule has 1 aromatic heterocycles. The normalized spacial score (nSPS) is 21.8. The van der Waals surface area contributed by atoms with Crippen molar-refractivity contribution in [3.8, 4) is 5.88 Å². The summed E-state index contributed by atoms with van der Waals surface area (Å²) in [4.78, 5) is 15.0. The van der Waals surface area contributed by atoms with E-state index in [0.29, 0.717) is 11.7 Å². The zero-order chi connectivity index (χ0) is 15.2. The van der Waals surface area contributed by atoms with Gasteiger partial charge in [-0.2, -0.15) is 4.98 Å². The summed E-state index contributed by atoms with van der Waals surface area (Å²) in [5.41, 5.74) is -0.0599. The number of aromatic nitrogens is 1. The summed E-state index contributed by atoms with van der Waals surface area (Å²) >= 11 is 0. The molecule has 0 radical (unpaired) electrons. The first-order valence-electron chi connectivity index (χ1n) is 7.66. The Labute approximate surface area is 125 Å². The maximum absolute atomic E-state index is 11.1. The molecular weight excluding hydrogens is 270 g/mol. The van der Waals surface area contributed by atoms with Crippen LogP contribution in [-0.2, 0) is 0 Å². The van der Waals surface area contributed by atoms with Crippen molar-refractivity contribution in [2.75, 3.05) is 11.9 Å². The van der Waals surface area contributed by atoms with E-state index in [4.69, 9.17) is 4.74 Å². The predicted molar refractivity (Wildman–Crippen MR) is 81.7 cm³/mol. The van der Waals surface area contributed by atoms with Crippen LogP contribution in [0.2, 0.25) is 0 Å². The van der Waals surface area contributed by atoms with Crippen molar-refractivity contribution in [2.24, 2.45) is 5.92 Å². The third-order valence-electron chi connectivity index (χ3n) is 3.76. The highest BCUT2D eigenvalue weighted by molar-refractivity contribution is 5.49. The third kappa shape index (κ3) is 4.31. The highest BCUT2D eigenvalue weighted by atomic mass is 16.6. The van der Waals surface area contributed by atoms with Crippen LogP contribution in [0.15, 0.2) is 12.1 Å². The maximum atomic E-state index is 11.1.